The second-order valence-electron chi connectivity index (χ2n) is 5.10. The van der Waals surface area contributed by atoms with E-state index in [1.54, 1.807) is 6.20 Å². The molecule has 1 aromatic rings. The molecule has 0 spiro atoms. The standard InChI is InChI=1S/C16H29N5.HI/c1-4-6-7-8-9-12-20(3)16(18-5-2)19-11-14-21-13-10-17-15-21;/h4,10,13,15H,1,5-9,11-12,14H2,2-3H3,(H,18,19);1H. The third-order valence-electron chi connectivity index (χ3n) is 3.28. The van der Waals surface area contributed by atoms with E-state index in [1.807, 2.05) is 23.2 Å². The molecule has 0 aliphatic carbocycles. The second-order valence-corrected chi connectivity index (χ2v) is 5.10. The zero-order chi connectivity index (χ0) is 15.3. The lowest BCUT2D eigenvalue weighted by molar-refractivity contribution is 0.454. The number of hydrogen-bond acceptors (Lipinski definition) is 2. The summed E-state index contributed by atoms with van der Waals surface area (Å²) in [5.41, 5.74) is 0. The molecule has 0 radical (unpaired) electrons. The molecular formula is C16H30IN5. The first-order valence-corrected chi connectivity index (χ1v) is 7.84. The van der Waals surface area contributed by atoms with Crippen LogP contribution in [0.2, 0.25) is 0 Å². The maximum absolute atomic E-state index is 4.67. The average molecular weight is 419 g/mol. The maximum atomic E-state index is 4.67. The minimum atomic E-state index is 0. The fraction of sp³-hybridized carbons (Fsp3) is 0.625. The van der Waals surface area contributed by atoms with Gasteiger partial charge in [-0.25, -0.2) is 4.98 Å². The minimum Gasteiger partial charge on any atom is -0.357 e. The van der Waals surface area contributed by atoms with Crippen LogP contribution in [0.1, 0.15) is 32.6 Å². The van der Waals surface area contributed by atoms with Gasteiger partial charge in [-0.15, -0.1) is 30.6 Å². The SMILES string of the molecule is C=CCCCCCN(C)C(=NCCn1ccnc1)NCC.I. The van der Waals surface area contributed by atoms with E-state index >= 15 is 0 Å². The van der Waals surface area contributed by atoms with Gasteiger partial charge < -0.3 is 14.8 Å². The van der Waals surface area contributed by atoms with E-state index in [4.69, 9.17) is 0 Å². The molecule has 126 valence electrons. The zero-order valence-corrected chi connectivity index (χ0v) is 16.2. The Kier molecular flexibility index (Phi) is 13.0. The summed E-state index contributed by atoms with van der Waals surface area (Å²) < 4.78 is 2.04. The van der Waals surface area contributed by atoms with Crippen molar-refractivity contribution in [3.05, 3.63) is 31.4 Å². The van der Waals surface area contributed by atoms with Gasteiger partial charge in [-0.3, -0.25) is 4.99 Å². The summed E-state index contributed by atoms with van der Waals surface area (Å²) in [7, 11) is 2.10. The number of aliphatic imine (C=N–C) groups is 1. The van der Waals surface area contributed by atoms with Gasteiger partial charge in [0.2, 0.25) is 0 Å². The van der Waals surface area contributed by atoms with E-state index in [0.717, 1.165) is 38.6 Å². The van der Waals surface area contributed by atoms with Crippen LogP contribution < -0.4 is 5.32 Å². The minimum absolute atomic E-state index is 0. The Morgan fingerprint density at radius 3 is 2.86 bits per heavy atom. The van der Waals surface area contributed by atoms with Crippen LogP contribution >= 0.6 is 24.0 Å². The van der Waals surface area contributed by atoms with Gasteiger partial charge in [0.25, 0.3) is 0 Å². The van der Waals surface area contributed by atoms with E-state index < -0.39 is 0 Å². The summed E-state index contributed by atoms with van der Waals surface area (Å²) in [6, 6.07) is 0. The van der Waals surface area contributed by atoms with E-state index in [0.29, 0.717) is 0 Å². The first kappa shape index (κ1) is 20.9. The van der Waals surface area contributed by atoms with Gasteiger partial charge in [-0.2, -0.15) is 0 Å². The Hall–Kier alpha value is -1.05. The predicted molar refractivity (Wildman–Crippen MR) is 105 cm³/mol. The van der Waals surface area contributed by atoms with Crippen molar-refractivity contribution in [3.8, 4) is 0 Å². The summed E-state index contributed by atoms with van der Waals surface area (Å²) >= 11 is 0. The molecule has 1 rings (SSSR count). The first-order chi connectivity index (χ1) is 10.3. The fourth-order valence-electron chi connectivity index (χ4n) is 2.08. The first-order valence-electron chi connectivity index (χ1n) is 7.84. The number of imidazole rings is 1. The van der Waals surface area contributed by atoms with Crippen molar-refractivity contribution in [2.45, 2.75) is 39.2 Å². The van der Waals surface area contributed by atoms with Crippen LogP contribution in [0.4, 0.5) is 0 Å². The summed E-state index contributed by atoms with van der Waals surface area (Å²) in [5.74, 6) is 0.987. The number of unbranched alkanes of at least 4 members (excludes halogenated alkanes) is 3. The third-order valence-corrected chi connectivity index (χ3v) is 3.28. The number of nitrogens with one attached hydrogen (secondary N) is 1. The van der Waals surface area contributed by atoms with Crippen LogP contribution in [-0.2, 0) is 6.54 Å². The van der Waals surface area contributed by atoms with Crippen molar-refractivity contribution in [3.63, 3.8) is 0 Å². The van der Waals surface area contributed by atoms with Crippen molar-refractivity contribution in [1.82, 2.24) is 19.8 Å². The maximum Gasteiger partial charge on any atom is 0.193 e. The molecule has 0 saturated heterocycles. The van der Waals surface area contributed by atoms with Gasteiger partial charge in [-0.1, -0.05) is 12.5 Å². The normalized spacial score (nSPS) is 10.9. The highest BCUT2D eigenvalue weighted by Crippen LogP contribution is 2.01. The lowest BCUT2D eigenvalue weighted by Gasteiger charge is -2.22. The summed E-state index contributed by atoms with van der Waals surface area (Å²) in [5, 5.41) is 3.35. The van der Waals surface area contributed by atoms with Gasteiger partial charge in [0.15, 0.2) is 5.96 Å². The fourth-order valence-corrected chi connectivity index (χ4v) is 2.08. The monoisotopic (exact) mass is 419 g/mol. The molecule has 0 bridgehead atoms. The van der Waals surface area contributed by atoms with Gasteiger partial charge >= 0.3 is 0 Å². The van der Waals surface area contributed by atoms with Crippen molar-refractivity contribution in [1.29, 1.82) is 0 Å². The Morgan fingerprint density at radius 2 is 2.23 bits per heavy atom. The van der Waals surface area contributed by atoms with Crippen LogP contribution in [0, 0.1) is 0 Å². The number of guanidine groups is 1. The lowest BCUT2D eigenvalue weighted by Crippen LogP contribution is -2.39. The van der Waals surface area contributed by atoms with Crippen LogP contribution in [0.15, 0.2) is 36.4 Å². The highest BCUT2D eigenvalue weighted by atomic mass is 127. The molecule has 0 aromatic carbocycles. The molecule has 0 unspecified atom stereocenters. The number of aromatic nitrogens is 2. The molecule has 5 nitrogen and oxygen atoms in total. The van der Waals surface area contributed by atoms with E-state index in [2.05, 4.69) is 40.7 Å². The van der Waals surface area contributed by atoms with Crippen molar-refractivity contribution >= 4 is 29.9 Å². The number of rotatable bonds is 10. The molecule has 1 N–H and O–H groups in total. The molecule has 22 heavy (non-hydrogen) atoms. The smallest absolute Gasteiger partial charge is 0.193 e. The Bertz CT molecular complexity index is 403. The highest BCUT2D eigenvalue weighted by molar-refractivity contribution is 14.0. The number of hydrogen-bond donors (Lipinski definition) is 1. The van der Waals surface area contributed by atoms with Crippen LogP contribution in [-0.4, -0.2) is 47.1 Å². The molecule has 0 saturated carbocycles. The molecule has 0 aliphatic heterocycles. The summed E-state index contributed by atoms with van der Waals surface area (Å²) in [6.45, 7) is 9.41. The van der Waals surface area contributed by atoms with E-state index in [1.165, 1.54) is 19.3 Å². The quantitative estimate of drug-likeness (QED) is 0.208. The average Bonchev–Trinajstić information content (AvgIpc) is 2.99. The van der Waals surface area contributed by atoms with E-state index in [9.17, 15) is 0 Å². The van der Waals surface area contributed by atoms with Crippen molar-refractivity contribution in [2.24, 2.45) is 4.99 Å². The molecule has 0 fully saturated rings. The van der Waals surface area contributed by atoms with Gasteiger partial charge in [-0.05, 0) is 26.2 Å². The van der Waals surface area contributed by atoms with Crippen molar-refractivity contribution < 1.29 is 0 Å². The zero-order valence-electron chi connectivity index (χ0n) is 13.9. The Labute approximate surface area is 151 Å². The lowest BCUT2D eigenvalue weighted by atomic mass is 10.2. The van der Waals surface area contributed by atoms with Crippen molar-refractivity contribution in [2.75, 3.05) is 26.7 Å². The summed E-state index contributed by atoms with van der Waals surface area (Å²) in [6.07, 6.45) is 12.3. The van der Waals surface area contributed by atoms with Crippen LogP contribution in [0.5, 0.6) is 0 Å². The molecule has 0 aliphatic rings. The van der Waals surface area contributed by atoms with Gasteiger partial charge in [0.1, 0.15) is 0 Å². The largest absolute Gasteiger partial charge is 0.357 e. The molecular weight excluding hydrogens is 389 g/mol. The van der Waals surface area contributed by atoms with Crippen LogP contribution in [0.3, 0.4) is 0 Å². The van der Waals surface area contributed by atoms with Crippen LogP contribution in [0.25, 0.3) is 0 Å². The molecule has 6 heteroatoms. The molecule has 0 atom stereocenters. The Balaban J connectivity index is 0.00000441. The molecule has 1 heterocycles. The van der Waals surface area contributed by atoms with Gasteiger partial charge in [0, 0.05) is 39.1 Å². The summed E-state index contributed by atoms with van der Waals surface area (Å²) in [4.78, 5) is 10.9. The Morgan fingerprint density at radius 1 is 1.41 bits per heavy atom. The molecule has 0 amide bonds. The highest BCUT2D eigenvalue weighted by Gasteiger charge is 2.04. The number of nitrogens with zero attached hydrogens (tertiary/aromatic N) is 4. The predicted octanol–water partition coefficient (Wildman–Crippen LogP) is 3.14. The number of halogens is 1. The van der Waals surface area contributed by atoms with E-state index in [-0.39, 0.29) is 24.0 Å². The molecule has 1 aromatic heterocycles. The second kappa shape index (κ2) is 13.6. The third kappa shape index (κ3) is 9.07. The van der Waals surface area contributed by atoms with Gasteiger partial charge in [0.05, 0.1) is 12.9 Å². The topological polar surface area (TPSA) is 45.5 Å². The number of allylic oxidation sites excluding steroid dienone is 1.